The molecule has 4 rings (SSSR count). The number of aryl methyl sites for hydroxylation is 1. The maximum absolute atomic E-state index is 13.7. The Labute approximate surface area is 271 Å². The van der Waals surface area contributed by atoms with Crippen molar-refractivity contribution in [1.29, 1.82) is 0 Å². The molecule has 46 heavy (non-hydrogen) atoms. The van der Waals surface area contributed by atoms with Gasteiger partial charge in [0.1, 0.15) is 6.04 Å². The van der Waals surface area contributed by atoms with Gasteiger partial charge in [0.05, 0.1) is 13.0 Å². The first-order chi connectivity index (χ1) is 22.2. The van der Waals surface area contributed by atoms with Crippen LogP contribution >= 0.6 is 0 Å². The third kappa shape index (κ3) is 9.95. The summed E-state index contributed by atoms with van der Waals surface area (Å²) in [6.45, 7) is 4.32. The number of rotatable bonds is 15. The Morgan fingerprint density at radius 1 is 0.739 bits per heavy atom. The van der Waals surface area contributed by atoms with E-state index >= 15 is 0 Å². The maximum Gasteiger partial charge on any atom is 0.326 e. The number of carbonyl (C=O) groups is 3. The Hall–Kier alpha value is -5.11. The lowest BCUT2D eigenvalue weighted by molar-refractivity contribution is -0.140. The second-order valence-corrected chi connectivity index (χ2v) is 11.7. The van der Waals surface area contributed by atoms with Crippen LogP contribution in [0.4, 0.5) is 4.79 Å². The number of carboxylic acids is 1. The number of ether oxygens (including phenoxy) is 2. The molecule has 0 unspecified atom stereocenters. The van der Waals surface area contributed by atoms with Crippen molar-refractivity contribution in [3.8, 4) is 22.6 Å². The van der Waals surface area contributed by atoms with Gasteiger partial charge in [-0.15, -0.1) is 0 Å². The largest absolute Gasteiger partial charge is 0.493 e. The van der Waals surface area contributed by atoms with Gasteiger partial charge in [-0.1, -0.05) is 111 Å². The smallest absolute Gasteiger partial charge is 0.326 e. The molecule has 4 aromatic carbocycles. The van der Waals surface area contributed by atoms with Crippen molar-refractivity contribution in [2.75, 3.05) is 20.2 Å². The molecule has 0 aromatic heterocycles. The molecule has 0 bridgehead atoms. The SMILES string of the molecule is COc1ccccc1OC(=O)[C@@H](CCc1ccccc1)CN(CC(C)C)C(=O)N[C@@H](Cc1ccc(-c2ccccc2)cc1)C(=O)O. The zero-order valence-electron chi connectivity index (χ0n) is 26.6. The Kier molecular flexibility index (Phi) is 12.4. The quantitative estimate of drug-likeness (QED) is 0.111. The fourth-order valence-electron chi connectivity index (χ4n) is 5.25. The number of hydrogen-bond acceptors (Lipinski definition) is 5. The van der Waals surface area contributed by atoms with E-state index in [-0.39, 0.29) is 18.9 Å². The molecule has 240 valence electrons. The number of amides is 2. The van der Waals surface area contributed by atoms with Crippen LogP contribution in [0, 0.1) is 11.8 Å². The lowest BCUT2D eigenvalue weighted by atomic mass is 9.98. The van der Waals surface area contributed by atoms with Crippen LogP contribution in [0.5, 0.6) is 11.5 Å². The number of carbonyl (C=O) groups excluding carboxylic acids is 2. The number of urea groups is 1. The summed E-state index contributed by atoms with van der Waals surface area (Å²) in [6.07, 6.45) is 1.13. The highest BCUT2D eigenvalue weighted by Crippen LogP contribution is 2.28. The lowest BCUT2D eigenvalue weighted by Gasteiger charge is -2.30. The summed E-state index contributed by atoms with van der Waals surface area (Å²) in [5, 5.41) is 12.8. The third-order valence-electron chi connectivity index (χ3n) is 7.65. The molecule has 2 amide bonds. The van der Waals surface area contributed by atoms with Crippen LogP contribution in [0.25, 0.3) is 11.1 Å². The summed E-state index contributed by atoms with van der Waals surface area (Å²) >= 11 is 0. The van der Waals surface area contributed by atoms with Crippen LogP contribution in [-0.4, -0.2) is 54.2 Å². The molecule has 8 nitrogen and oxygen atoms in total. The summed E-state index contributed by atoms with van der Waals surface area (Å²) in [6, 6.07) is 32.6. The first-order valence-corrected chi connectivity index (χ1v) is 15.5. The Balaban J connectivity index is 1.50. The van der Waals surface area contributed by atoms with Crippen LogP contribution in [0.3, 0.4) is 0 Å². The van der Waals surface area contributed by atoms with E-state index in [9.17, 15) is 19.5 Å². The third-order valence-corrected chi connectivity index (χ3v) is 7.65. The molecule has 2 N–H and O–H groups in total. The molecule has 0 spiro atoms. The number of esters is 1. The highest BCUT2D eigenvalue weighted by molar-refractivity contribution is 5.83. The molecule has 4 aromatic rings. The highest BCUT2D eigenvalue weighted by Gasteiger charge is 2.30. The van der Waals surface area contributed by atoms with E-state index in [0.717, 1.165) is 22.3 Å². The van der Waals surface area contributed by atoms with Crippen molar-refractivity contribution in [3.05, 3.63) is 120 Å². The number of methoxy groups -OCH3 is 1. The molecule has 2 atom stereocenters. The van der Waals surface area contributed by atoms with Crippen molar-refractivity contribution < 1.29 is 29.0 Å². The first-order valence-electron chi connectivity index (χ1n) is 15.5. The topological polar surface area (TPSA) is 105 Å². The van der Waals surface area contributed by atoms with Gasteiger partial charge < -0.3 is 24.8 Å². The molecule has 0 saturated heterocycles. The Morgan fingerprint density at radius 2 is 1.33 bits per heavy atom. The second kappa shape index (κ2) is 16.8. The van der Waals surface area contributed by atoms with Crippen molar-refractivity contribution in [2.45, 2.75) is 39.2 Å². The fourth-order valence-corrected chi connectivity index (χ4v) is 5.25. The van der Waals surface area contributed by atoms with Crippen LogP contribution < -0.4 is 14.8 Å². The molecule has 0 aliphatic rings. The van der Waals surface area contributed by atoms with Crippen molar-refractivity contribution in [3.63, 3.8) is 0 Å². The average molecular weight is 623 g/mol. The molecule has 0 radical (unpaired) electrons. The lowest BCUT2D eigenvalue weighted by Crippen LogP contribution is -2.51. The van der Waals surface area contributed by atoms with Crippen LogP contribution in [0.15, 0.2) is 109 Å². The Bertz CT molecular complexity index is 1560. The van der Waals surface area contributed by atoms with E-state index < -0.39 is 29.9 Å². The van der Waals surface area contributed by atoms with Gasteiger partial charge in [-0.05, 0) is 53.1 Å². The first kappa shape index (κ1) is 33.8. The van der Waals surface area contributed by atoms with Gasteiger partial charge in [-0.3, -0.25) is 4.79 Å². The van der Waals surface area contributed by atoms with Gasteiger partial charge in [0.25, 0.3) is 0 Å². The van der Waals surface area contributed by atoms with Gasteiger partial charge in [-0.2, -0.15) is 0 Å². The van der Waals surface area contributed by atoms with E-state index in [0.29, 0.717) is 30.9 Å². The number of hydrogen-bond donors (Lipinski definition) is 2. The summed E-state index contributed by atoms with van der Waals surface area (Å²) < 4.78 is 11.2. The monoisotopic (exact) mass is 622 g/mol. The van der Waals surface area contributed by atoms with Gasteiger partial charge in [0, 0.05) is 19.5 Å². The highest BCUT2D eigenvalue weighted by atomic mass is 16.6. The fraction of sp³-hybridized carbons (Fsp3) is 0.289. The molecular weight excluding hydrogens is 580 g/mol. The minimum Gasteiger partial charge on any atom is -0.493 e. The standard InChI is InChI=1S/C38H42N2O6/c1-27(2)25-40(38(44)39-33(36(41)42)24-29-19-21-31(22-20-29)30-14-8-5-9-15-30)26-32(23-18-28-12-6-4-7-13-28)37(43)46-35-17-11-10-16-34(35)45-3/h4-17,19-22,27,32-33H,18,23-26H2,1-3H3,(H,39,44)(H,41,42)/t32-,33-/m0/s1. The molecule has 0 fully saturated rings. The zero-order chi connectivity index (χ0) is 32.9. The van der Waals surface area contributed by atoms with Crippen molar-refractivity contribution in [2.24, 2.45) is 11.8 Å². The summed E-state index contributed by atoms with van der Waals surface area (Å²) in [7, 11) is 1.50. The van der Waals surface area contributed by atoms with E-state index in [2.05, 4.69) is 5.32 Å². The second-order valence-electron chi connectivity index (χ2n) is 11.7. The molecule has 8 heteroatoms. The summed E-state index contributed by atoms with van der Waals surface area (Å²) in [4.78, 5) is 41.1. The number of nitrogens with zero attached hydrogens (tertiary/aromatic N) is 1. The minimum atomic E-state index is -1.16. The summed E-state index contributed by atoms with van der Waals surface area (Å²) in [5.41, 5.74) is 3.92. The predicted molar refractivity (Wildman–Crippen MR) is 179 cm³/mol. The Morgan fingerprint density at radius 3 is 1.93 bits per heavy atom. The van der Waals surface area contributed by atoms with Crippen LogP contribution in [0.1, 0.15) is 31.4 Å². The van der Waals surface area contributed by atoms with Crippen molar-refractivity contribution >= 4 is 18.0 Å². The van der Waals surface area contributed by atoms with Gasteiger partial charge in [-0.25, -0.2) is 9.59 Å². The van der Waals surface area contributed by atoms with E-state index in [4.69, 9.17) is 9.47 Å². The van der Waals surface area contributed by atoms with Crippen molar-refractivity contribution in [1.82, 2.24) is 10.2 Å². The molecule has 0 heterocycles. The predicted octanol–water partition coefficient (Wildman–Crippen LogP) is 6.88. The molecular formula is C38H42N2O6. The molecule has 0 aliphatic carbocycles. The van der Waals surface area contributed by atoms with E-state index in [1.165, 1.54) is 12.0 Å². The number of para-hydroxylation sites is 2. The normalized spacial score (nSPS) is 12.2. The minimum absolute atomic E-state index is 0.0585. The van der Waals surface area contributed by atoms with Gasteiger partial charge in [0.15, 0.2) is 11.5 Å². The number of carboxylic acid groups (broad SMARTS) is 1. The van der Waals surface area contributed by atoms with Crippen LogP contribution in [-0.2, 0) is 22.4 Å². The van der Waals surface area contributed by atoms with Gasteiger partial charge >= 0.3 is 18.0 Å². The van der Waals surface area contributed by atoms with Gasteiger partial charge in [0.2, 0.25) is 0 Å². The number of nitrogens with one attached hydrogen (secondary N) is 1. The molecule has 0 aliphatic heterocycles. The average Bonchev–Trinajstić information content (AvgIpc) is 3.07. The van der Waals surface area contributed by atoms with E-state index in [1.807, 2.05) is 98.8 Å². The number of aliphatic carboxylic acids is 1. The van der Waals surface area contributed by atoms with E-state index in [1.54, 1.807) is 24.3 Å². The maximum atomic E-state index is 13.7. The summed E-state index contributed by atoms with van der Waals surface area (Å²) in [5.74, 6) is -1.51. The number of benzene rings is 4. The molecule has 0 saturated carbocycles. The van der Waals surface area contributed by atoms with Crippen LogP contribution in [0.2, 0.25) is 0 Å². The zero-order valence-corrected chi connectivity index (χ0v) is 26.6.